The lowest BCUT2D eigenvalue weighted by molar-refractivity contribution is -0.136. The molecule has 0 saturated heterocycles. The number of nitrogens with zero attached hydrogens (tertiary/aromatic N) is 1. The summed E-state index contributed by atoms with van der Waals surface area (Å²) in [5, 5.41) is 3.17. The number of carbonyl (C=O) groups is 2. The van der Waals surface area contributed by atoms with Crippen LogP contribution in [0.4, 0.5) is 5.69 Å². The molecule has 0 bridgehead atoms. The number of imide groups is 1. The van der Waals surface area contributed by atoms with Crippen LogP contribution in [-0.4, -0.2) is 23.3 Å². The zero-order valence-electron chi connectivity index (χ0n) is 13.2. The molecule has 4 heteroatoms. The van der Waals surface area contributed by atoms with E-state index >= 15 is 0 Å². The molecule has 1 aliphatic rings. The minimum Gasteiger partial charge on any atom is -0.350 e. The maximum atomic E-state index is 12.6. The minimum absolute atomic E-state index is 0.250. The van der Waals surface area contributed by atoms with E-state index in [9.17, 15) is 9.59 Å². The molecular formula is C19H18N2O2. The average Bonchev–Trinajstić information content (AvgIpc) is 2.80. The molecule has 2 aromatic carbocycles. The molecule has 23 heavy (non-hydrogen) atoms. The van der Waals surface area contributed by atoms with Crippen LogP contribution in [0.1, 0.15) is 18.1 Å². The summed E-state index contributed by atoms with van der Waals surface area (Å²) < 4.78 is 0. The van der Waals surface area contributed by atoms with Crippen LogP contribution in [0, 0.1) is 6.92 Å². The molecule has 1 aliphatic heterocycles. The fourth-order valence-electron chi connectivity index (χ4n) is 2.70. The molecule has 4 nitrogen and oxygen atoms in total. The smallest absolute Gasteiger partial charge is 0.278 e. The van der Waals surface area contributed by atoms with Gasteiger partial charge in [-0.25, -0.2) is 0 Å². The highest BCUT2D eigenvalue weighted by Gasteiger charge is 2.38. The van der Waals surface area contributed by atoms with E-state index in [1.165, 1.54) is 4.90 Å². The number of para-hydroxylation sites is 1. The molecule has 0 spiro atoms. The Morgan fingerprint density at radius 2 is 1.57 bits per heavy atom. The molecule has 0 radical (unpaired) electrons. The molecule has 116 valence electrons. The lowest BCUT2D eigenvalue weighted by Gasteiger charge is -2.12. The van der Waals surface area contributed by atoms with E-state index < -0.39 is 0 Å². The van der Waals surface area contributed by atoms with E-state index in [2.05, 4.69) is 5.32 Å². The number of nitrogens with one attached hydrogen (secondary N) is 1. The predicted octanol–water partition coefficient (Wildman–Crippen LogP) is 3.21. The van der Waals surface area contributed by atoms with Crippen molar-refractivity contribution in [1.29, 1.82) is 0 Å². The summed E-state index contributed by atoms with van der Waals surface area (Å²) in [5.74, 6) is -0.528. The van der Waals surface area contributed by atoms with Gasteiger partial charge in [0.05, 0.1) is 5.57 Å². The minimum atomic E-state index is -0.278. The third-order valence-corrected chi connectivity index (χ3v) is 3.95. The van der Waals surface area contributed by atoms with Crippen molar-refractivity contribution >= 4 is 23.1 Å². The highest BCUT2D eigenvalue weighted by atomic mass is 16.2. The second kappa shape index (κ2) is 6.08. The van der Waals surface area contributed by atoms with E-state index in [1.807, 2.05) is 61.5 Å². The molecule has 0 saturated carbocycles. The van der Waals surface area contributed by atoms with Crippen molar-refractivity contribution in [2.24, 2.45) is 0 Å². The summed E-state index contributed by atoms with van der Waals surface area (Å²) in [6.45, 7) is 4.12. The number of hydrogen-bond acceptors (Lipinski definition) is 3. The van der Waals surface area contributed by atoms with Crippen LogP contribution >= 0.6 is 0 Å². The van der Waals surface area contributed by atoms with Crippen LogP contribution in [0.5, 0.6) is 0 Å². The van der Waals surface area contributed by atoms with Gasteiger partial charge in [0, 0.05) is 12.2 Å². The normalized spacial score (nSPS) is 14.6. The topological polar surface area (TPSA) is 49.4 Å². The van der Waals surface area contributed by atoms with Crippen LogP contribution in [0.3, 0.4) is 0 Å². The molecule has 0 unspecified atom stereocenters. The van der Waals surface area contributed by atoms with Gasteiger partial charge < -0.3 is 5.32 Å². The van der Waals surface area contributed by atoms with E-state index in [0.29, 0.717) is 17.8 Å². The lowest BCUT2D eigenvalue weighted by atomic mass is 10.0. The third kappa shape index (κ3) is 2.63. The van der Waals surface area contributed by atoms with Gasteiger partial charge in [-0.3, -0.25) is 14.5 Å². The first-order valence-electron chi connectivity index (χ1n) is 7.62. The van der Waals surface area contributed by atoms with E-state index in [4.69, 9.17) is 0 Å². The number of anilines is 1. The Kier molecular flexibility index (Phi) is 3.98. The van der Waals surface area contributed by atoms with Crippen LogP contribution < -0.4 is 5.32 Å². The van der Waals surface area contributed by atoms with Crippen LogP contribution in [0.15, 0.2) is 60.3 Å². The number of carbonyl (C=O) groups excluding carboxylic acids is 2. The zero-order chi connectivity index (χ0) is 16.4. The van der Waals surface area contributed by atoms with E-state index in [-0.39, 0.29) is 11.8 Å². The van der Waals surface area contributed by atoms with Crippen molar-refractivity contribution in [3.05, 3.63) is 71.4 Å². The first-order valence-corrected chi connectivity index (χ1v) is 7.62. The van der Waals surface area contributed by atoms with Crippen LogP contribution in [-0.2, 0) is 9.59 Å². The van der Waals surface area contributed by atoms with Gasteiger partial charge in [0.2, 0.25) is 0 Å². The average molecular weight is 306 g/mol. The van der Waals surface area contributed by atoms with Crippen molar-refractivity contribution < 1.29 is 9.59 Å². The number of rotatable bonds is 4. The number of aryl methyl sites for hydroxylation is 1. The summed E-state index contributed by atoms with van der Waals surface area (Å²) in [4.78, 5) is 26.5. The number of hydrogen-bond donors (Lipinski definition) is 1. The quantitative estimate of drug-likeness (QED) is 0.882. The van der Waals surface area contributed by atoms with Crippen molar-refractivity contribution in [2.45, 2.75) is 13.8 Å². The van der Waals surface area contributed by atoms with Crippen LogP contribution in [0.25, 0.3) is 5.57 Å². The monoisotopic (exact) mass is 306 g/mol. The first kappa shape index (κ1) is 15.0. The second-order valence-corrected chi connectivity index (χ2v) is 5.41. The Morgan fingerprint density at radius 1 is 0.913 bits per heavy atom. The van der Waals surface area contributed by atoms with Gasteiger partial charge in [0.1, 0.15) is 5.70 Å². The molecule has 1 heterocycles. The van der Waals surface area contributed by atoms with Crippen molar-refractivity contribution in [3.63, 3.8) is 0 Å². The Balaban J connectivity index is 2.11. The van der Waals surface area contributed by atoms with Gasteiger partial charge in [0.25, 0.3) is 11.8 Å². The highest BCUT2D eigenvalue weighted by Crippen LogP contribution is 2.30. The molecule has 1 N–H and O–H groups in total. The van der Waals surface area contributed by atoms with Crippen molar-refractivity contribution in [1.82, 2.24) is 4.90 Å². The predicted molar refractivity (Wildman–Crippen MR) is 90.6 cm³/mol. The van der Waals surface area contributed by atoms with Gasteiger partial charge in [-0.15, -0.1) is 0 Å². The van der Waals surface area contributed by atoms with Crippen molar-refractivity contribution in [2.75, 3.05) is 11.9 Å². The maximum absolute atomic E-state index is 12.6. The van der Waals surface area contributed by atoms with Gasteiger partial charge >= 0.3 is 0 Å². The van der Waals surface area contributed by atoms with Crippen molar-refractivity contribution in [3.8, 4) is 0 Å². The first-order chi connectivity index (χ1) is 11.1. The standard InChI is InChI=1S/C19H18N2O2/c1-3-21-18(22)16(14-10-5-4-6-11-14)17(19(21)23)20-15-12-8-7-9-13(15)2/h4-12,20H,3H2,1-2H3. The fourth-order valence-corrected chi connectivity index (χ4v) is 2.70. The molecule has 0 atom stereocenters. The van der Waals surface area contributed by atoms with E-state index in [1.54, 1.807) is 6.92 Å². The Labute approximate surface area is 135 Å². The summed E-state index contributed by atoms with van der Waals surface area (Å²) in [7, 11) is 0. The molecule has 0 aliphatic carbocycles. The highest BCUT2D eigenvalue weighted by molar-refractivity contribution is 6.36. The second-order valence-electron chi connectivity index (χ2n) is 5.41. The molecule has 2 amide bonds. The number of amides is 2. The number of benzene rings is 2. The molecule has 3 rings (SSSR count). The zero-order valence-corrected chi connectivity index (χ0v) is 13.2. The van der Waals surface area contributed by atoms with E-state index in [0.717, 1.165) is 16.8 Å². The molecule has 0 fully saturated rings. The lowest BCUT2D eigenvalue weighted by Crippen LogP contribution is -2.32. The summed E-state index contributed by atoms with van der Waals surface area (Å²) in [6.07, 6.45) is 0. The fraction of sp³-hybridized carbons (Fsp3) is 0.158. The largest absolute Gasteiger partial charge is 0.350 e. The number of likely N-dealkylation sites (N-methyl/N-ethyl adjacent to an activating group) is 1. The SMILES string of the molecule is CCN1C(=O)C(Nc2ccccc2C)=C(c2ccccc2)C1=O. The maximum Gasteiger partial charge on any atom is 0.278 e. The molecule has 2 aromatic rings. The third-order valence-electron chi connectivity index (χ3n) is 3.95. The van der Waals surface area contributed by atoms with Crippen LogP contribution in [0.2, 0.25) is 0 Å². The Morgan fingerprint density at radius 3 is 2.22 bits per heavy atom. The van der Waals surface area contributed by atoms with Gasteiger partial charge in [-0.2, -0.15) is 0 Å². The van der Waals surface area contributed by atoms with Gasteiger partial charge in [-0.1, -0.05) is 48.5 Å². The Hall–Kier alpha value is -2.88. The van der Waals surface area contributed by atoms with Gasteiger partial charge in [0.15, 0.2) is 0 Å². The van der Waals surface area contributed by atoms with Gasteiger partial charge in [-0.05, 0) is 31.0 Å². The molecule has 0 aromatic heterocycles. The Bertz CT molecular complexity index is 794. The molecular weight excluding hydrogens is 288 g/mol. The summed E-state index contributed by atoms with van der Waals surface area (Å²) in [6, 6.07) is 17.0. The summed E-state index contributed by atoms with van der Waals surface area (Å²) in [5.41, 5.74) is 3.37. The summed E-state index contributed by atoms with van der Waals surface area (Å²) >= 11 is 0.